The van der Waals surface area contributed by atoms with Crippen molar-refractivity contribution in [2.45, 2.75) is 32.1 Å². The van der Waals surface area contributed by atoms with E-state index in [1.54, 1.807) is 0 Å². The maximum atomic E-state index is 13.1. The molecule has 0 radical (unpaired) electrons. The number of aryl methyl sites for hydroxylation is 1. The van der Waals surface area contributed by atoms with Crippen molar-refractivity contribution in [2.24, 2.45) is 0 Å². The Morgan fingerprint density at radius 3 is 3.10 bits per heavy atom. The van der Waals surface area contributed by atoms with Gasteiger partial charge in [-0.3, -0.25) is 19.0 Å². The first-order valence-corrected chi connectivity index (χ1v) is 6.00. The molecule has 1 aliphatic carbocycles. The first-order chi connectivity index (χ1) is 12.8. The summed E-state index contributed by atoms with van der Waals surface area (Å²) < 4.78 is 55.8. The Labute approximate surface area is 130 Å². The second kappa shape index (κ2) is 4.80. The highest BCUT2D eigenvalue weighted by atomic mass is 16.2. The van der Waals surface area contributed by atoms with Gasteiger partial charge in [-0.1, -0.05) is 6.04 Å². The molecule has 0 saturated heterocycles. The van der Waals surface area contributed by atoms with Gasteiger partial charge in [0.25, 0.3) is 5.56 Å². The summed E-state index contributed by atoms with van der Waals surface area (Å²) in [5.41, 5.74) is 4.27. The van der Waals surface area contributed by atoms with Crippen LogP contribution < -0.4 is 11.3 Å². The smallest absolute Gasteiger partial charge is 0.264 e. The van der Waals surface area contributed by atoms with Crippen molar-refractivity contribution in [3.63, 3.8) is 0 Å². The number of ketones is 2. The van der Waals surface area contributed by atoms with Crippen LogP contribution in [0.1, 0.15) is 40.6 Å². The van der Waals surface area contributed by atoms with E-state index in [1.807, 2.05) is 0 Å². The Morgan fingerprint density at radius 2 is 2.33 bits per heavy atom. The number of carbonyl (C=O) groups is 2. The summed E-state index contributed by atoms with van der Waals surface area (Å²) in [5, 5.41) is -0.311. The van der Waals surface area contributed by atoms with Crippen LogP contribution in [-0.4, -0.2) is 21.1 Å². The van der Waals surface area contributed by atoms with Crippen LogP contribution in [0.5, 0.6) is 0 Å². The molecular formula is C15H15N3O3. The summed E-state index contributed by atoms with van der Waals surface area (Å²) in [6, 6.07) is -0.922. The highest BCUT2D eigenvalue weighted by molar-refractivity contribution is 6.03. The quantitative estimate of drug-likeness (QED) is 0.628. The lowest BCUT2D eigenvalue weighted by atomic mass is 9.92. The first-order valence-electron chi connectivity index (χ1n) is 9.73. The number of benzene rings is 1. The van der Waals surface area contributed by atoms with Crippen LogP contribution in [0.25, 0.3) is 10.9 Å². The van der Waals surface area contributed by atoms with E-state index in [2.05, 4.69) is 4.98 Å². The zero-order chi connectivity index (χ0) is 21.2. The second-order valence-corrected chi connectivity index (χ2v) is 4.49. The minimum absolute atomic E-state index is 0.103. The molecular weight excluding hydrogens is 270 g/mol. The molecule has 2 aromatic rings. The summed E-state index contributed by atoms with van der Waals surface area (Å²) in [5.74, 6) is -3.05. The van der Waals surface area contributed by atoms with Gasteiger partial charge in [-0.05, 0) is 25.4 Å². The van der Waals surface area contributed by atoms with Crippen molar-refractivity contribution >= 4 is 28.2 Å². The third-order valence-electron chi connectivity index (χ3n) is 3.08. The Bertz CT molecular complexity index is 1080. The number of nitrogen functional groups attached to an aromatic ring is 1. The zero-order valence-electron chi connectivity index (χ0n) is 17.7. The van der Waals surface area contributed by atoms with Crippen LogP contribution in [0.3, 0.4) is 0 Å². The van der Waals surface area contributed by atoms with E-state index in [1.165, 1.54) is 0 Å². The van der Waals surface area contributed by atoms with Crippen molar-refractivity contribution in [1.29, 1.82) is 0 Å². The Hall–Kier alpha value is -2.50. The molecule has 1 aromatic heterocycles. The van der Waals surface area contributed by atoms with Gasteiger partial charge < -0.3 is 5.73 Å². The van der Waals surface area contributed by atoms with Gasteiger partial charge in [0.1, 0.15) is 11.6 Å². The molecule has 108 valence electrons. The third kappa shape index (κ3) is 2.12. The van der Waals surface area contributed by atoms with Crippen molar-refractivity contribution < 1.29 is 19.2 Å². The second-order valence-electron chi connectivity index (χ2n) is 4.49. The predicted molar refractivity (Wildman–Crippen MR) is 78.1 cm³/mol. The molecule has 2 unspecified atom stereocenters. The van der Waals surface area contributed by atoms with Gasteiger partial charge in [0.15, 0.2) is 5.78 Å². The molecule has 1 fully saturated rings. The molecule has 2 N–H and O–H groups in total. The van der Waals surface area contributed by atoms with Crippen LogP contribution in [0.15, 0.2) is 23.0 Å². The Kier molecular flexibility index (Phi) is 1.71. The van der Waals surface area contributed by atoms with Crippen molar-refractivity contribution in [2.75, 3.05) is 5.73 Å². The largest absolute Gasteiger partial charge is 0.398 e. The van der Waals surface area contributed by atoms with E-state index < -0.39 is 55.0 Å². The number of aromatic nitrogens is 2. The number of nitrogens with zero attached hydrogens (tertiary/aromatic N) is 2. The molecule has 2 atom stereocenters. The fraction of sp³-hybridized carbons (Fsp3) is 0.333. The SMILES string of the molecule is [2H]c1cc(N)c2c(=O)n(C3([2H])C(=O)CC(=O)C([2H])C3([2H])[2H])c(C([2H])[2H])nc2c1. The lowest BCUT2D eigenvalue weighted by Crippen LogP contribution is -2.36. The van der Waals surface area contributed by atoms with Crippen LogP contribution >= 0.6 is 0 Å². The molecule has 0 aliphatic heterocycles. The van der Waals surface area contributed by atoms with Crippen molar-refractivity contribution in [1.82, 2.24) is 9.55 Å². The molecule has 1 aliphatic rings. The van der Waals surface area contributed by atoms with Crippen LogP contribution in [0.2, 0.25) is 0 Å². The minimum Gasteiger partial charge on any atom is -0.398 e. The molecule has 0 amide bonds. The fourth-order valence-electron chi connectivity index (χ4n) is 2.14. The van der Waals surface area contributed by atoms with Gasteiger partial charge in [0.2, 0.25) is 0 Å². The lowest BCUT2D eigenvalue weighted by Gasteiger charge is -2.24. The maximum absolute atomic E-state index is 13.1. The highest BCUT2D eigenvalue weighted by Gasteiger charge is 2.30. The molecule has 0 bridgehead atoms. The molecule has 1 aromatic carbocycles. The fourth-order valence-corrected chi connectivity index (χ4v) is 2.14. The highest BCUT2D eigenvalue weighted by Crippen LogP contribution is 2.24. The van der Waals surface area contributed by atoms with Gasteiger partial charge in [-0.2, -0.15) is 0 Å². The van der Waals surface area contributed by atoms with E-state index in [-0.39, 0.29) is 27.2 Å². The summed E-state index contributed by atoms with van der Waals surface area (Å²) in [4.78, 5) is 41.5. The summed E-state index contributed by atoms with van der Waals surface area (Å²) in [7, 11) is 0. The molecule has 3 rings (SSSR count). The number of hydrogen-bond acceptors (Lipinski definition) is 5. The Morgan fingerprint density at radius 1 is 1.52 bits per heavy atom. The average molecular weight is 292 g/mol. The third-order valence-corrected chi connectivity index (χ3v) is 3.08. The number of fused-ring (bicyclic) bond motifs is 1. The number of nitrogens with two attached hydrogens (primary N) is 1. The Balaban J connectivity index is 2.50. The van der Waals surface area contributed by atoms with Gasteiger partial charge in [0.05, 0.1) is 26.1 Å². The lowest BCUT2D eigenvalue weighted by molar-refractivity contribution is -0.132. The number of anilines is 1. The molecule has 1 saturated carbocycles. The summed E-state index contributed by atoms with van der Waals surface area (Å²) in [6.07, 6.45) is -6.20. The predicted octanol–water partition coefficient (Wildman–Crippen LogP) is 1.15. The van der Waals surface area contributed by atoms with Crippen LogP contribution in [0, 0.1) is 6.88 Å². The van der Waals surface area contributed by atoms with E-state index in [0.717, 1.165) is 12.1 Å². The monoisotopic (exact) mass is 292 g/mol. The number of rotatable bonds is 1. The number of carbonyl (C=O) groups excluding carboxylic acids is 2. The van der Waals surface area contributed by atoms with E-state index in [9.17, 15) is 14.4 Å². The first kappa shape index (κ1) is 7.49. The molecule has 21 heavy (non-hydrogen) atoms. The zero-order valence-corrected chi connectivity index (χ0v) is 10.7. The average Bonchev–Trinajstić information content (AvgIpc) is 2.57. The molecule has 6 nitrogen and oxygen atoms in total. The minimum atomic E-state index is -3.13. The summed E-state index contributed by atoms with van der Waals surface area (Å²) >= 11 is 0. The van der Waals surface area contributed by atoms with E-state index in [0.29, 0.717) is 0 Å². The number of hydrogen-bond donors (Lipinski definition) is 1. The van der Waals surface area contributed by atoms with Crippen molar-refractivity contribution in [3.05, 3.63) is 34.4 Å². The summed E-state index contributed by atoms with van der Waals surface area (Å²) in [6.45, 7) is -2.00. The van der Waals surface area contributed by atoms with Gasteiger partial charge in [-0.15, -0.1) is 0 Å². The molecule has 1 heterocycles. The molecule has 6 heteroatoms. The van der Waals surface area contributed by atoms with Gasteiger partial charge >= 0.3 is 0 Å². The van der Waals surface area contributed by atoms with Crippen LogP contribution in [0.4, 0.5) is 5.69 Å². The van der Waals surface area contributed by atoms with E-state index in [4.69, 9.17) is 15.3 Å². The normalized spacial score (nSPS) is 33.6. The standard InChI is InChI=1S/C15H15N3O3/c1-8-17-11-4-2-3-10(16)14(11)15(21)18(8)12-6-5-9(19)7-13(12)20/h2-4,12H,5-7,16H2,1H3/i1D2,2D,5D,6D2,12D. The van der Waals surface area contributed by atoms with Crippen molar-refractivity contribution in [3.8, 4) is 0 Å². The number of Topliss-reactive ketones (excluding diaryl/α,β-unsaturated/α-hetero) is 2. The maximum Gasteiger partial charge on any atom is 0.264 e. The van der Waals surface area contributed by atoms with Gasteiger partial charge in [0, 0.05) is 18.9 Å². The van der Waals surface area contributed by atoms with E-state index >= 15 is 0 Å². The topological polar surface area (TPSA) is 95.0 Å². The molecule has 0 spiro atoms. The van der Waals surface area contributed by atoms with Crippen LogP contribution in [-0.2, 0) is 9.59 Å². The van der Waals surface area contributed by atoms with Gasteiger partial charge in [-0.25, -0.2) is 4.98 Å².